The number of piperidine rings is 1. The molecule has 1 aliphatic rings. The third kappa shape index (κ3) is 5.03. The standard InChI is InChI=1S/C18H28N4O2/c1-3-21(4-2)14-11-20-17(23)15-7-12-22(13-8-15)18(24)16-5-9-19-10-6-16/h5-6,9-10,15H,3-4,7-8,11-14H2,1-2H3,(H,20,23). The van der Waals surface area contributed by atoms with Gasteiger partial charge in [0, 0.05) is 50.1 Å². The zero-order chi connectivity index (χ0) is 17.4. The number of aromatic nitrogens is 1. The largest absolute Gasteiger partial charge is 0.355 e. The minimum Gasteiger partial charge on any atom is -0.355 e. The lowest BCUT2D eigenvalue weighted by Gasteiger charge is -2.31. The normalized spacial score (nSPS) is 15.5. The number of pyridine rings is 1. The summed E-state index contributed by atoms with van der Waals surface area (Å²) in [7, 11) is 0. The first kappa shape index (κ1) is 18.4. The van der Waals surface area contributed by atoms with E-state index in [9.17, 15) is 9.59 Å². The number of nitrogens with one attached hydrogen (secondary N) is 1. The van der Waals surface area contributed by atoms with E-state index in [1.165, 1.54) is 0 Å². The molecule has 24 heavy (non-hydrogen) atoms. The summed E-state index contributed by atoms with van der Waals surface area (Å²) < 4.78 is 0. The van der Waals surface area contributed by atoms with E-state index in [0.717, 1.165) is 32.5 Å². The lowest BCUT2D eigenvalue weighted by molar-refractivity contribution is -0.126. The highest BCUT2D eigenvalue weighted by atomic mass is 16.2. The summed E-state index contributed by atoms with van der Waals surface area (Å²) in [6.45, 7) is 9.10. The van der Waals surface area contributed by atoms with Crippen LogP contribution in [0.25, 0.3) is 0 Å². The van der Waals surface area contributed by atoms with Crippen LogP contribution < -0.4 is 5.32 Å². The Morgan fingerprint density at radius 1 is 1.21 bits per heavy atom. The van der Waals surface area contributed by atoms with Gasteiger partial charge in [-0.2, -0.15) is 0 Å². The summed E-state index contributed by atoms with van der Waals surface area (Å²) in [5.41, 5.74) is 0.659. The van der Waals surface area contributed by atoms with Crippen LogP contribution >= 0.6 is 0 Å². The highest BCUT2D eigenvalue weighted by Gasteiger charge is 2.27. The Balaban J connectivity index is 1.74. The molecule has 0 atom stereocenters. The van der Waals surface area contributed by atoms with Crippen molar-refractivity contribution in [3.8, 4) is 0 Å². The van der Waals surface area contributed by atoms with Crippen molar-refractivity contribution in [2.45, 2.75) is 26.7 Å². The van der Waals surface area contributed by atoms with Crippen molar-refractivity contribution in [2.24, 2.45) is 5.92 Å². The first-order valence-electron chi connectivity index (χ1n) is 8.85. The predicted octanol–water partition coefficient (Wildman–Crippen LogP) is 1.39. The number of likely N-dealkylation sites (N-methyl/N-ethyl adjacent to an activating group) is 1. The highest BCUT2D eigenvalue weighted by molar-refractivity contribution is 5.94. The zero-order valence-electron chi connectivity index (χ0n) is 14.7. The van der Waals surface area contributed by atoms with Crippen LogP contribution in [0.15, 0.2) is 24.5 Å². The van der Waals surface area contributed by atoms with Gasteiger partial charge in [-0.3, -0.25) is 14.6 Å². The minimum absolute atomic E-state index is 0.0168. The van der Waals surface area contributed by atoms with E-state index in [4.69, 9.17) is 0 Å². The second-order valence-electron chi connectivity index (χ2n) is 6.12. The van der Waals surface area contributed by atoms with Gasteiger partial charge in [0.1, 0.15) is 0 Å². The first-order valence-corrected chi connectivity index (χ1v) is 8.85. The highest BCUT2D eigenvalue weighted by Crippen LogP contribution is 2.19. The van der Waals surface area contributed by atoms with Crippen molar-refractivity contribution in [3.05, 3.63) is 30.1 Å². The quantitative estimate of drug-likeness (QED) is 0.819. The molecule has 1 aromatic rings. The lowest BCUT2D eigenvalue weighted by Crippen LogP contribution is -2.44. The Morgan fingerprint density at radius 2 is 1.83 bits per heavy atom. The molecule has 0 saturated carbocycles. The molecule has 0 spiro atoms. The molecule has 0 bridgehead atoms. The van der Waals surface area contributed by atoms with Gasteiger partial charge in [0.15, 0.2) is 0 Å². The molecule has 6 nitrogen and oxygen atoms in total. The van der Waals surface area contributed by atoms with Crippen LogP contribution in [0, 0.1) is 5.92 Å². The fourth-order valence-corrected chi connectivity index (χ4v) is 3.04. The lowest BCUT2D eigenvalue weighted by atomic mass is 9.95. The van der Waals surface area contributed by atoms with Crippen molar-refractivity contribution < 1.29 is 9.59 Å². The molecule has 2 rings (SSSR count). The molecular weight excluding hydrogens is 304 g/mol. The van der Waals surface area contributed by atoms with Crippen LogP contribution in [0.1, 0.15) is 37.0 Å². The van der Waals surface area contributed by atoms with Gasteiger partial charge in [0.05, 0.1) is 0 Å². The fraction of sp³-hybridized carbons (Fsp3) is 0.611. The number of carbonyl (C=O) groups is 2. The number of carbonyl (C=O) groups excluding carboxylic acids is 2. The zero-order valence-corrected chi connectivity index (χ0v) is 14.7. The van der Waals surface area contributed by atoms with Gasteiger partial charge in [-0.1, -0.05) is 13.8 Å². The summed E-state index contributed by atoms with van der Waals surface area (Å²) in [6.07, 6.45) is 4.72. The van der Waals surface area contributed by atoms with Crippen LogP contribution in [-0.4, -0.2) is 65.9 Å². The number of hydrogen-bond donors (Lipinski definition) is 1. The van der Waals surface area contributed by atoms with Crippen molar-refractivity contribution in [3.63, 3.8) is 0 Å². The van der Waals surface area contributed by atoms with E-state index in [1.54, 1.807) is 24.5 Å². The smallest absolute Gasteiger partial charge is 0.253 e. The molecule has 1 N–H and O–H groups in total. The molecular formula is C18H28N4O2. The molecule has 2 amide bonds. The maximum Gasteiger partial charge on any atom is 0.253 e. The summed E-state index contributed by atoms with van der Waals surface area (Å²) in [6, 6.07) is 3.46. The van der Waals surface area contributed by atoms with Crippen molar-refractivity contribution >= 4 is 11.8 Å². The Kier molecular flexibility index (Phi) is 7.18. The van der Waals surface area contributed by atoms with Gasteiger partial charge in [-0.15, -0.1) is 0 Å². The number of likely N-dealkylation sites (tertiary alicyclic amines) is 1. The molecule has 1 fully saturated rings. The molecule has 2 heterocycles. The summed E-state index contributed by atoms with van der Waals surface area (Å²) in [5, 5.41) is 3.03. The number of hydrogen-bond acceptors (Lipinski definition) is 4. The SMILES string of the molecule is CCN(CC)CCNC(=O)C1CCN(C(=O)c2ccncc2)CC1. The fourth-order valence-electron chi connectivity index (χ4n) is 3.04. The van der Waals surface area contributed by atoms with Gasteiger partial charge in [0.25, 0.3) is 5.91 Å². The van der Waals surface area contributed by atoms with Crippen LogP contribution in [0.3, 0.4) is 0 Å². The molecule has 6 heteroatoms. The predicted molar refractivity (Wildman–Crippen MR) is 93.7 cm³/mol. The van der Waals surface area contributed by atoms with E-state index in [2.05, 4.69) is 29.0 Å². The Morgan fingerprint density at radius 3 is 2.42 bits per heavy atom. The maximum absolute atomic E-state index is 12.4. The topological polar surface area (TPSA) is 65.5 Å². The molecule has 132 valence electrons. The molecule has 0 radical (unpaired) electrons. The van der Waals surface area contributed by atoms with E-state index >= 15 is 0 Å². The number of rotatable bonds is 7. The Hall–Kier alpha value is -1.95. The van der Waals surface area contributed by atoms with Crippen LogP contribution in [-0.2, 0) is 4.79 Å². The van der Waals surface area contributed by atoms with E-state index in [0.29, 0.717) is 25.2 Å². The third-order valence-corrected chi connectivity index (χ3v) is 4.70. The minimum atomic E-state index is 0.0168. The van der Waals surface area contributed by atoms with E-state index in [-0.39, 0.29) is 17.7 Å². The van der Waals surface area contributed by atoms with Gasteiger partial charge < -0.3 is 15.1 Å². The summed E-state index contributed by atoms with van der Waals surface area (Å²) >= 11 is 0. The Labute approximate surface area is 144 Å². The molecule has 1 saturated heterocycles. The second-order valence-corrected chi connectivity index (χ2v) is 6.12. The maximum atomic E-state index is 12.4. The number of nitrogens with zero attached hydrogens (tertiary/aromatic N) is 3. The molecule has 1 aromatic heterocycles. The Bertz CT molecular complexity index is 523. The second kappa shape index (κ2) is 9.37. The molecule has 1 aliphatic heterocycles. The van der Waals surface area contributed by atoms with Crippen molar-refractivity contribution in [2.75, 3.05) is 39.3 Å². The van der Waals surface area contributed by atoms with Gasteiger partial charge in [-0.25, -0.2) is 0 Å². The summed E-state index contributed by atoms with van der Waals surface area (Å²) in [5.74, 6) is 0.166. The van der Waals surface area contributed by atoms with Crippen molar-refractivity contribution in [1.29, 1.82) is 0 Å². The van der Waals surface area contributed by atoms with Gasteiger partial charge in [0.2, 0.25) is 5.91 Å². The monoisotopic (exact) mass is 332 g/mol. The third-order valence-electron chi connectivity index (χ3n) is 4.70. The number of amides is 2. The summed E-state index contributed by atoms with van der Waals surface area (Å²) in [4.78, 5) is 32.7. The van der Waals surface area contributed by atoms with Crippen LogP contribution in [0.4, 0.5) is 0 Å². The molecule has 0 aromatic carbocycles. The van der Waals surface area contributed by atoms with Crippen LogP contribution in [0.2, 0.25) is 0 Å². The average Bonchev–Trinajstić information content (AvgIpc) is 2.65. The van der Waals surface area contributed by atoms with Crippen molar-refractivity contribution in [1.82, 2.24) is 20.1 Å². The first-order chi connectivity index (χ1) is 11.7. The van der Waals surface area contributed by atoms with E-state index in [1.807, 2.05) is 4.90 Å². The molecule has 0 aliphatic carbocycles. The average molecular weight is 332 g/mol. The van der Waals surface area contributed by atoms with Crippen LogP contribution in [0.5, 0.6) is 0 Å². The van der Waals surface area contributed by atoms with Gasteiger partial charge >= 0.3 is 0 Å². The molecule has 0 unspecified atom stereocenters. The van der Waals surface area contributed by atoms with Gasteiger partial charge in [-0.05, 0) is 38.1 Å². The van der Waals surface area contributed by atoms with E-state index < -0.39 is 0 Å².